The van der Waals surface area contributed by atoms with Crippen LogP contribution in [0, 0.1) is 0 Å². The van der Waals surface area contributed by atoms with Gasteiger partial charge in [-0.2, -0.15) is 0 Å². The van der Waals surface area contributed by atoms with Crippen molar-refractivity contribution in [1.29, 1.82) is 0 Å². The number of aromatic nitrogens is 1. The smallest absolute Gasteiger partial charge is 0.251 e. The lowest BCUT2D eigenvalue weighted by molar-refractivity contribution is 0.720. The predicted octanol–water partition coefficient (Wildman–Crippen LogP) is 0.852. The molecule has 2 rings (SSSR count). The Morgan fingerprint density at radius 1 is 1.33 bits per heavy atom. The minimum Gasteiger partial charge on any atom is -0.327 e. The van der Waals surface area contributed by atoms with Crippen LogP contribution in [-0.4, -0.2) is 11.1 Å². The van der Waals surface area contributed by atoms with Crippen LogP contribution in [-0.2, 0) is 19.4 Å². The van der Waals surface area contributed by atoms with E-state index in [4.69, 9.17) is 5.73 Å². The minimum atomic E-state index is 0.0947. The maximum atomic E-state index is 11.7. The molecule has 80 valence electrons. The maximum absolute atomic E-state index is 11.7. The second-order valence-corrected chi connectivity index (χ2v) is 3.81. The summed E-state index contributed by atoms with van der Waals surface area (Å²) in [6.45, 7) is 1.18. The molecule has 0 atom stereocenters. The third kappa shape index (κ3) is 2.02. The highest BCUT2D eigenvalue weighted by molar-refractivity contribution is 5.26. The Kier molecular flexibility index (Phi) is 3.02. The lowest BCUT2D eigenvalue weighted by Gasteiger charge is -2.08. The topological polar surface area (TPSA) is 48.0 Å². The van der Waals surface area contributed by atoms with Crippen molar-refractivity contribution in [3.63, 3.8) is 0 Å². The molecule has 1 aliphatic rings. The first-order chi connectivity index (χ1) is 7.33. The van der Waals surface area contributed by atoms with Gasteiger partial charge >= 0.3 is 0 Å². The highest BCUT2D eigenvalue weighted by Crippen LogP contribution is 2.19. The molecule has 15 heavy (non-hydrogen) atoms. The summed E-state index contributed by atoms with van der Waals surface area (Å²) in [5.74, 6) is 0. The van der Waals surface area contributed by atoms with E-state index in [1.54, 1.807) is 6.07 Å². The second kappa shape index (κ2) is 4.45. The van der Waals surface area contributed by atoms with E-state index in [-0.39, 0.29) is 5.56 Å². The lowest BCUT2D eigenvalue weighted by Crippen LogP contribution is -2.22. The zero-order valence-electron chi connectivity index (χ0n) is 8.78. The second-order valence-electron chi connectivity index (χ2n) is 3.81. The fourth-order valence-corrected chi connectivity index (χ4v) is 2.11. The number of hydrogen-bond donors (Lipinski definition) is 1. The molecule has 0 aliphatic heterocycles. The van der Waals surface area contributed by atoms with Crippen molar-refractivity contribution >= 4 is 0 Å². The van der Waals surface area contributed by atoms with Crippen LogP contribution in [0.25, 0.3) is 0 Å². The molecule has 1 aromatic rings. The Balaban J connectivity index is 2.33. The molecule has 0 radical (unpaired) electrons. The largest absolute Gasteiger partial charge is 0.327 e. The molecule has 0 spiro atoms. The molecule has 0 unspecified atom stereocenters. The van der Waals surface area contributed by atoms with Gasteiger partial charge in [-0.15, -0.1) is 0 Å². The highest BCUT2D eigenvalue weighted by Gasteiger charge is 2.14. The highest BCUT2D eigenvalue weighted by atomic mass is 16.1. The quantitative estimate of drug-likeness (QED) is 0.742. The summed E-state index contributed by atoms with van der Waals surface area (Å²) in [6.07, 6.45) is 7.15. The summed E-state index contributed by atoms with van der Waals surface area (Å²) >= 11 is 0. The molecular formula is C12H16N2O. The molecule has 1 heterocycles. The van der Waals surface area contributed by atoms with E-state index < -0.39 is 0 Å². The Labute approximate surface area is 89.2 Å². The molecule has 0 aromatic carbocycles. The van der Waals surface area contributed by atoms with Crippen LogP contribution in [0.4, 0.5) is 0 Å². The van der Waals surface area contributed by atoms with Crippen molar-refractivity contribution in [3.8, 4) is 0 Å². The van der Waals surface area contributed by atoms with Gasteiger partial charge in [0.1, 0.15) is 0 Å². The van der Waals surface area contributed by atoms with Gasteiger partial charge in [-0.05, 0) is 24.8 Å². The Morgan fingerprint density at radius 2 is 2.20 bits per heavy atom. The monoisotopic (exact) mass is 204 g/mol. The molecule has 0 amide bonds. The molecule has 0 fully saturated rings. The number of aryl methyl sites for hydroxylation is 1. The van der Waals surface area contributed by atoms with Crippen LogP contribution in [0.1, 0.15) is 17.7 Å². The normalized spacial score (nSPS) is 14.7. The minimum absolute atomic E-state index is 0.0947. The summed E-state index contributed by atoms with van der Waals surface area (Å²) in [5, 5.41) is 0. The van der Waals surface area contributed by atoms with E-state index in [0.29, 0.717) is 13.1 Å². The summed E-state index contributed by atoms with van der Waals surface area (Å²) in [5.41, 5.74) is 8.01. The van der Waals surface area contributed by atoms with E-state index in [0.717, 1.165) is 12.8 Å². The van der Waals surface area contributed by atoms with Gasteiger partial charge in [-0.1, -0.05) is 18.2 Å². The zero-order chi connectivity index (χ0) is 10.7. The SMILES string of the molecule is NC/C=C/Cn1c2c(ccc1=O)CCC2. The Morgan fingerprint density at radius 3 is 3.00 bits per heavy atom. The van der Waals surface area contributed by atoms with E-state index in [1.807, 2.05) is 22.8 Å². The predicted molar refractivity (Wildman–Crippen MR) is 60.9 cm³/mol. The first-order valence-corrected chi connectivity index (χ1v) is 5.39. The molecule has 1 aromatic heterocycles. The molecule has 3 heteroatoms. The van der Waals surface area contributed by atoms with Crippen LogP contribution in [0.2, 0.25) is 0 Å². The van der Waals surface area contributed by atoms with Crippen molar-refractivity contribution in [2.45, 2.75) is 25.8 Å². The van der Waals surface area contributed by atoms with E-state index in [2.05, 4.69) is 0 Å². The molecule has 0 saturated heterocycles. The van der Waals surface area contributed by atoms with Gasteiger partial charge in [0.15, 0.2) is 0 Å². The van der Waals surface area contributed by atoms with Crippen molar-refractivity contribution in [2.24, 2.45) is 5.73 Å². The van der Waals surface area contributed by atoms with Crippen LogP contribution in [0.15, 0.2) is 29.1 Å². The van der Waals surface area contributed by atoms with Crippen LogP contribution in [0.5, 0.6) is 0 Å². The zero-order valence-corrected chi connectivity index (χ0v) is 8.78. The van der Waals surface area contributed by atoms with Crippen molar-refractivity contribution in [1.82, 2.24) is 4.57 Å². The average Bonchev–Trinajstić information content (AvgIpc) is 2.69. The van der Waals surface area contributed by atoms with E-state index in [9.17, 15) is 4.79 Å². The molecular weight excluding hydrogens is 188 g/mol. The van der Waals surface area contributed by atoms with Crippen molar-refractivity contribution < 1.29 is 0 Å². The number of allylic oxidation sites excluding steroid dienone is 1. The van der Waals surface area contributed by atoms with Crippen molar-refractivity contribution in [3.05, 3.63) is 45.9 Å². The average molecular weight is 204 g/mol. The first-order valence-electron chi connectivity index (χ1n) is 5.39. The molecule has 0 bridgehead atoms. The van der Waals surface area contributed by atoms with Gasteiger partial charge in [0.25, 0.3) is 5.56 Å². The Hall–Kier alpha value is -1.35. The van der Waals surface area contributed by atoms with Crippen molar-refractivity contribution in [2.75, 3.05) is 6.54 Å². The standard InChI is InChI=1S/C12H16N2O/c13-8-1-2-9-14-11-5-3-4-10(11)6-7-12(14)15/h1-2,6-7H,3-5,8-9,13H2/b2-1+. The summed E-state index contributed by atoms with van der Waals surface area (Å²) in [7, 11) is 0. The third-order valence-electron chi connectivity index (χ3n) is 2.84. The fraction of sp³-hybridized carbons (Fsp3) is 0.417. The summed E-state index contributed by atoms with van der Waals surface area (Å²) in [4.78, 5) is 11.7. The number of nitrogens with zero attached hydrogens (tertiary/aromatic N) is 1. The number of hydrogen-bond acceptors (Lipinski definition) is 2. The van der Waals surface area contributed by atoms with Gasteiger partial charge < -0.3 is 10.3 Å². The van der Waals surface area contributed by atoms with Gasteiger partial charge in [0, 0.05) is 24.8 Å². The summed E-state index contributed by atoms with van der Waals surface area (Å²) < 4.78 is 1.86. The van der Waals surface area contributed by atoms with Gasteiger partial charge in [-0.3, -0.25) is 4.79 Å². The van der Waals surface area contributed by atoms with Gasteiger partial charge in [-0.25, -0.2) is 0 Å². The number of nitrogens with two attached hydrogens (primary N) is 1. The van der Waals surface area contributed by atoms with Gasteiger partial charge in [0.05, 0.1) is 0 Å². The van der Waals surface area contributed by atoms with E-state index in [1.165, 1.54) is 17.7 Å². The van der Waals surface area contributed by atoms with E-state index >= 15 is 0 Å². The number of fused-ring (bicyclic) bond motifs is 1. The van der Waals surface area contributed by atoms with Crippen LogP contribution in [0.3, 0.4) is 0 Å². The third-order valence-corrected chi connectivity index (χ3v) is 2.84. The van der Waals surface area contributed by atoms with Gasteiger partial charge in [0.2, 0.25) is 0 Å². The Bertz CT molecular complexity index is 432. The lowest BCUT2D eigenvalue weighted by atomic mass is 10.2. The molecule has 2 N–H and O–H groups in total. The molecule has 1 aliphatic carbocycles. The number of pyridine rings is 1. The molecule has 3 nitrogen and oxygen atoms in total. The number of rotatable bonds is 3. The summed E-state index contributed by atoms with van der Waals surface area (Å²) in [6, 6.07) is 3.63. The first kappa shape index (κ1) is 10.2. The maximum Gasteiger partial charge on any atom is 0.251 e. The van der Waals surface area contributed by atoms with Crippen LogP contribution >= 0.6 is 0 Å². The van der Waals surface area contributed by atoms with Crippen LogP contribution < -0.4 is 11.3 Å². The fourth-order valence-electron chi connectivity index (χ4n) is 2.11. The molecule has 0 saturated carbocycles.